The molecule has 0 unspecified atom stereocenters. The van der Waals surface area contributed by atoms with Gasteiger partial charge in [0.1, 0.15) is 10.8 Å². The fourth-order valence-corrected chi connectivity index (χ4v) is 3.62. The molecule has 0 saturated heterocycles. The van der Waals surface area contributed by atoms with Crippen molar-refractivity contribution in [2.45, 2.75) is 0 Å². The maximum atomic E-state index is 10.9. The van der Waals surface area contributed by atoms with Crippen LogP contribution in [-0.2, 0) is 0 Å². The van der Waals surface area contributed by atoms with Gasteiger partial charge in [-0.2, -0.15) is 0 Å². The second-order valence-corrected chi connectivity index (χ2v) is 6.83. The van der Waals surface area contributed by atoms with Crippen LogP contribution in [0.4, 0.5) is 11.4 Å². The number of hydrogen-bond acceptors (Lipinski definition) is 6. The number of nitrogens with zero attached hydrogens (tertiary/aromatic N) is 3. The lowest BCUT2D eigenvalue weighted by atomic mass is 10.2. The number of hydrogen-bond donors (Lipinski definition) is 1. The van der Waals surface area contributed by atoms with E-state index in [2.05, 4.69) is 9.98 Å². The van der Waals surface area contributed by atoms with Crippen molar-refractivity contribution in [2.75, 3.05) is 0 Å². The molecule has 6 nitrogen and oxygen atoms in total. The van der Waals surface area contributed by atoms with Crippen molar-refractivity contribution in [1.82, 2.24) is 4.98 Å². The average Bonchev–Trinajstić information content (AvgIpc) is 3.11. The minimum absolute atomic E-state index is 0.0137. The molecule has 0 aliphatic heterocycles. The fraction of sp³-hybridized carbons (Fsp3) is 0. The summed E-state index contributed by atoms with van der Waals surface area (Å²) in [6.07, 6.45) is 1.56. The Morgan fingerprint density at radius 3 is 2.74 bits per heavy atom. The molecular formula is C20H13N3O3S. The summed E-state index contributed by atoms with van der Waals surface area (Å²) in [5, 5.41) is 21.8. The first-order chi connectivity index (χ1) is 13.1. The highest BCUT2D eigenvalue weighted by Crippen LogP contribution is 2.37. The van der Waals surface area contributed by atoms with E-state index in [4.69, 9.17) is 0 Å². The molecule has 4 rings (SSSR count). The van der Waals surface area contributed by atoms with E-state index in [9.17, 15) is 15.2 Å². The summed E-state index contributed by atoms with van der Waals surface area (Å²) in [5.41, 5.74) is 2.74. The number of nitro benzene ring substituents is 1. The number of thiazole rings is 1. The van der Waals surface area contributed by atoms with Gasteiger partial charge in [0.25, 0.3) is 5.69 Å². The highest BCUT2D eigenvalue weighted by molar-refractivity contribution is 7.21. The van der Waals surface area contributed by atoms with E-state index in [1.165, 1.54) is 23.5 Å². The van der Waals surface area contributed by atoms with Gasteiger partial charge in [0, 0.05) is 18.3 Å². The summed E-state index contributed by atoms with van der Waals surface area (Å²) in [6, 6.07) is 19.0. The number of nitro groups is 1. The third-order valence-corrected chi connectivity index (χ3v) is 5.02. The highest BCUT2D eigenvalue weighted by atomic mass is 32.1. The van der Waals surface area contributed by atoms with E-state index < -0.39 is 4.92 Å². The Bertz CT molecular complexity index is 1150. The Hall–Kier alpha value is -3.58. The van der Waals surface area contributed by atoms with Crippen molar-refractivity contribution in [3.63, 3.8) is 0 Å². The Balaban J connectivity index is 1.68. The zero-order chi connectivity index (χ0) is 18.8. The summed E-state index contributed by atoms with van der Waals surface area (Å²) in [4.78, 5) is 19.4. The van der Waals surface area contributed by atoms with Crippen LogP contribution in [0, 0.1) is 10.1 Å². The molecule has 0 bridgehead atoms. The number of para-hydroxylation sites is 1. The predicted molar refractivity (Wildman–Crippen MR) is 107 cm³/mol. The molecule has 27 heavy (non-hydrogen) atoms. The third kappa shape index (κ3) is 3.54. The minimum atomic E-state index is -0.441. The van der Waals surface area contributed by atoms with Crippen LogP contribution >= 0.6 is 11.3 Å². The number of non-ortho nitro benzene ring substituents is 1. The molecular weight excluding hydrogens is 362 g/mol. The van der Waals surface area contributed by atoms with Crippen LogP contribution in [-0.4, -0.2) is 21.2 Å². The fourth-order valence-electron chi connectivity index (χ4n) is 2.63. The molecule has 1 heterocycles. The Morgan fingerprint density at radius 1 is 1.07 bits per heavy atom. The molecule has 7 heteroatoms. The molecule has 132 valence electrons. The molecule has 1 aromatic heterocycles. The molecule has 0 aliphatic rings. The summed E-state index contributed by atoms with van der Waals surface area (Å²) in [5.74, 6) is 0.128. The Kier molecular flexibility index (Phi) is 4.35. The molecule has 0 radical (unpaired) electrons. The van der Waals surface area contributed by atoms with E-state index in [0.717, 1.165) is 10.2 Å². The quantitative estimate of drug-likeness (QED) is 0.297. The molecule has 1 N–H and O–H groups in total. The number of phenolic OH excluding ortho intramolecular Hbond substituents is 1. The summed E-state index contributed by atoms with van der Waals surface area (Å²) < 4.78 is 1.04. The summed E-state index contributed by atoms with van der Waals surface area (Å²) in [7, 11) is 0. The van der Waals surface area contributed by atoms with Gasteiger partial charge in [-0.05, 0) is 35.9 Å². The predicted octanol–water partition coefficient (Wildman–Crippen LogP) is 5.33. The second kappa shape index (κ2) is 6.97. The average molecular weight is 375 g/mol. The van der Waals surface area contributed by atoms with Crippen LogP contribution in [0.15, 0.2) is 71.7 Å². The zero-order valence-corrected chi connectivity index (χ0v) is 14.8. The Labute approximate surface area is 158 Å². The third-order valence-electron chi connectivity index (χ3n) is 3.95. The molecule has 4 aromatic rings. The van der Waals surface area contributed by atoms with Gasteiger partial charge in [0.15, 0.2) is 0 Å². The largest absolute Gasteiger partial charge is 0.507 e. The van der Waals surface area contributed by atoms with E-state index >= 15 is 0 Å². The standard InChI is InChI=1S/C20H13N3O3S/c24-18-9-8-14(21-12-13-4-3-5-15(10-13)23(25)26)11-16(18)20-22-17-6-1-2-7-19(17)27-20/h1-12,24H. The lowest BCUT2D eigenvalue weighted by molar-refractivity contribution is -0.384. The maximum Gasteiger partial charge on any atom is 0.270 e. The van der Waals surface area contributed by atoms with Crippen LogP contribution in [0.2, 0.25) is 0 Å². The Morgan fingerprint density at radius 2 is 1.93 bits per heavy atom. The smallest absolute Gasteiger partial charge is 0.270 e. The number of fused-ring (bicyclic) bond motifs is 1. The van der Waals surface area contributed by atoms with Gasteiger partial charge in [-0.3, -0.25) is 15.1 Å². The number of benzene rings is 3. The number of aromatic hydroxyl groups is 1. The van der Waals surface area contributed by atoms with E-state index in [-0.39, 0.29) is 11.4 Å². The van der Waals surface area contributed by atoms with Gasteiger partial charge in [-0.15, -0.1) is 11.3 Å². The molecule has 0 amide bonds. The van der Waals surface area contributed by atoms with E-state index in [1.807, 2.05) is 24.3 Å². The number of rotatable bonds is 4. The molecule has 0 spiro atoms. The van der Waals surface area contributed by atoms with Gasteiger partial charge >= 0.3 is 0 Å². The SMILES string of the molecule is O=[N+]([O-])c1cccc(C=Nc2ccc(O)c(-c3nc4ccccc4s3)c2)c1. The van der Waals surface area contributed by atoms with Crippen molar-refractivity contribution in [3.8, 4) is 16.3 Å². The molecule has 3 aromatic carbocycles. The number of aromatic nitrogens is 1. The van der Waals surface area contributed by atoms with Crippen molar-refractivity contribution < 1.29 is 10.0 Å². The maximum absolute atomic E-state index is 10.9. The van der Waals surface area contributed by atoms with Crippen LogP contribution in [0.1, 0.15) is 5.56 Å². The van der Waals surface area contributed by atoms with Crippen LogP contribution in [0.25, 0.3) is 20.8 Å². The first-order valence-corrected chi connectivity index (χ1v) is 8.89. The highest BCUT2D eigenvalue weighted by Gasteiger charge is 2.11. The molecule has 0 saturated carbocycles. The van der Waals surface area contributed by atoms with Gasteiger partial charge in [-0.25, -0.2) is 4.98 Å². The molecule has 0 atom stereocenters. The van der Waals surface area contributed by atoms with Crippen LogP contribution < -0.4 is 0 Å². The topological polar surface area (TPSA) is 88.6 Å². The van der Waals surface area contributed by atoms with Crippen molar-refractivity contribution >= 4 is 39.1 Å². The normalized spacial score (nSPS) is 11.3. The minimum Gasteiger partial charge on any atom is -0.507 e. The van der Waals surface area contributed by atoms with Gasteiger partial charge in [0.05, 0.1) is 26.4 Å². The second-order valence-electron chi connectivity index (χ2n) is 5.80. The molecule has 0 fully saturated rings. The van der Waals surface area contributed by atoms with Gasteiger partial charge in [-0.1, -0.05) is 24.3 Å². The number of phenols is 1. The lowest BCUT2D eigenvalue weighted by Crippen LogP contribution is -1.89. The van der Waals surface area contributed by atoms with Crippen LogP contribution in [0.5, 0.6) is 5.75 Å². The van der Waals surface area contributed by atoms with Crippen molar-refractivity contribution in [1.29, 1.82) is 0 Å². The van der Waals surface area contributed by atoms with E-state index in [1.54, 1.807) is 36.5 Å². The van der Waals surface area contributed by atoms with Gasteiger partial charge < -0.3 is 5.11 Å². The lowest BCUT2D eigenvalue weighted by Gasteiger charge is -2.02. The number of aliphatic imine (C=N–C) groups is 1. The van der Waals surface area contributed by atoms with E-state index in [0.29, 0.717) is 21.8 Å². The van der Waals surface area contributed by atoms with Crippen molar-refractivity contribution in [3.05, 3.63) is 82.4 Å². The summed E-state index contributed by atoms with van der Waals surface area (Å²) in [6.45, 7) is 0. The van der Waals surface area contributed by atoms with Gasteiger partial charge in [0.2, 0.25) is 0 Å². The monoisotopic (exact) mass is 375 g/mol. The molecule has 0 aliphatic carbocycles. The summed E-state index contributed by atoms with van der Waals surface area (Å²) >= 11 is 1.49. The first kappa shape index (κ1) is 16.9. The van der Waals surface area contributed by atoms with Crippen LogP contribution in [0.3, 0.4) is 0 Å². The van der Waals surface area contributed by atoms with Crippen molar-refractivity contribution in [2.24, 2.45) is 4.99 Å². The first-order valence-electron chi connectivity index (χ1n) is 8.08. The zero-order valence-electron chi connectivity index (χ0n) is 13.9.